The van der Waals surface area contributed by atoms with Crippen molar-refractivity contribution in [3.63, 3.8) is 0 Å². The number of piperazine rings is 1. The van der Waals surface area contributed by atoms with Gasteiger partial charge in [-0.15, -0.1) is 0 Å². The second-order valence-corrected chi connectivity index (χ2v) is 6.65. The van der Waals surface area contributed by atoms with Gasteiger partial charge in [0.2, 0.25) is 5.91 Å². The monoisotopic (exact) mass is 368 g/mol. The Labute approximate surface area is 158 Å². The molecule has 1 aromatic carbocycles. The molecule has 27 heavy (non-hydrogen) atoms. The normalized spacial score (nSPS) is 14.0. The van der Waals surface area contributed by atoms with E-state index in [0.29, 0.717) is 37.7 Å². The fraction of sp³-hybridized carbons (Fsp3) is 0.368. The van der Waals surface area contributed by atoms with Crippen LogP contribution in [0.5, 0.6) is 0 Å². The summed E-state index contributed by atoms with van der Waals surface area (Å²) in [6.45, 7) is 3.67. The smallest absolute Gasteiger partial charge is 0.274 e. The van der Waals surface area contributed by atoms with E-state index < -0.39 is 0 Å². The number of rotatable bonds is 4. The topological polar surface area (TPSA) is 81.7 Å². The molecule has 0 bridgehead atoms. The van der Waals surface area contributed by atoms with Gasteiger partial charge in [0.15, 0.2) is 0 Å². The Morgan fingerprint density at radius 3 is 2.11 bits per heavy atom. The third kappa shape index (κ3) is 4.52. The van der Waals surface area contributed by atoms with Crippen LogP contribution in [0.2, 0.25) is 0 Å². The van der Waals surface area contributed by atoms with Crippen LogP contribution in [0.15, 0.2) is 36.7 Å². The summed E-state index contributed by atoms with van der Waals surface area (Å²) in [6.07, 6.45) is 3.04. The highest BCUT2D eigenvalue weighted by Gasteiger charge is 2.24. The molecule has 8 heteroatoms. The van der Waals surface area contributed by atoms with Crippen LogP contribution in [0.4, 0.5) is 17.2 Å². The van der Waals surface area contributed by atoms with Crippen molar-refractivity contribution in [1.29, 1.82) is 0 Å². The van der Waals surface area contributed by atoms with E-state index in [9.17, 15) is 9.59 Å². The average Bonchev–Trinajstić information content (AvgIpc) is 2.68. The Bertz CT molecular complexity index is 796. The molecule has 3 rings (SSSR count). The molecule has 0 unspecified atom stereocenters. The molecule has 0 atom stereocenters. The van der Waals surface area contributed by atoms with Gasteiger partial charge in [0.1, 0.15) is 11.5 Å². The zero-order chi connectivity index (χ0) is 19.4. The van der Waals surface area contributed by atoms with Crippen molar-refractivity contribution in [1.82, 2.24) is 19.8 Å². The molecule has 1 aliphatic heterocycles. The molecule has 2 aromatic rings. The Kier molecular flexibility index (Phi) is 5.54. The summed E-state index contributed by atoms with van der Waals surface area (Å²) in [4.78, 5) is 37.9. The molecule has 1 saturated heterocycles. The van der Waals surface area contributed by atoms with Crippen molar-refractivity contribution in [2.24, 2.45) is 0 Å². The number of carbonyl (C=O) groups is 2. The fourth-order valence-electron chi connectivity index (χ4n) is 2.88. The molecule has 1 aliphatic rings. The second kappa shape index (κ2) is 8.03. The first kappa shape index (κ1) is 18.6. The van der Waals surface area contributed by atoms with Gasteiger partial charge in [-0.3, -0.25) is 9.59 Å². The lowest BCUT2D eigenvalue weighted by atomic mass is 10.2. The minimum Gasteiger partial charge on any atom is -0.378 e. The second-order valence-electron chi connectivity index (χ2n) is 6.65. The van der Waals surface area contributed by atoms with E-state index in [4.69, 9.17) is 0 Å². The Hall–Kier alpha value is -3.16. The lowest BCUT2D eigenvalue weighted by Crippen LogP contribution is -2.50. The molecule has 2 heterocycles. The number of anilines is 3. The van der Waals surface area contributed by atoms with Gasteiger partial charge >= 0.3 is 0 Å². The predicted molar refractivity (Wildman–Crippen MR) is 104 cm³/mol. The zero-order valence-electron chi connectivity index (χ0n) is 15.8. The van der Waals surface area contributed by atoms with Gasteiger partial charge in [0.25, 0.3) is 5.91 Å². The maximum Gasteiger partial charge on any atom is 0.274 e. The van der Waals surface area contributed by atoms with E-state index in [2.05, 4.69) is 15.3 Å². The highest BCUT2D eigenvalue weighted by Crippen LogP contribution is 2.18. The van der Waals surface area contributed by atoms with Gasteiger partial charge in [-0.2, -0.15) is 0 Å². The van der Waals surface area contributed by atoms with Crippen LogP contribution >= 0.6 is 0 Å². The molecule has 1 fully saturated rings. The lowest BCUT2D eigenvalue weighted by Gasteiger charge is -2.33. The third-order valence-electron chi connectivity index (χ3n) is 4.54. The van der Waals surface area contributed by atoms with Crippen LogP contribution in [-0.4, -0.2) is 71.9 Å². The van der Waals surface area contributed by atoms with E-state index in [1.54, 1.807) is 22.9 Å². The van der Waals surface area contributed by atoms with Crippen molar-refractivity contribution in [3.8, 4) is 0 Å². The van der Waals surface area contributed by atoms with E-state index in [1.165, 1.54) is 6.20 Å². The number of carbonyl (C=O) groups excluding carboxylic acids is 2. The van der Waals surface area contributed by atoms with Crippen LogP contribution in [-0.2, 0) is 4.79 Å². The van der Waals surface area contributed by atoms with Crippen LogP contribution < -0.4 is 10.2 Å². The van der Waals surface area contributed by atoms with Crippen LogP contribution in [0.1, 0.15) is 17.4 Å². The van der Waals surface area contributed by atoms with Crippen molar-refractivity contribution in [3.05, 3.63) is 42.4 Å². The quantitative estimate of drug-likeness (QED) is 0.883. The summed E-state index contributed by atoms with van der Waals surface area (Å²) in [5.41, 5.74) is 2.31. The van der Waals surface area contributed by atoms with Crippen molar-refractivity contribution >= 4 is 29.0 Å². The van der Waals surface area contributed by atoms with Gasteiger partial charge in [-0.1, -0.05) is 0 Å². The first-order chi connectivity index (χ1) is 12.9. The minimum absolute atomic E-state index is 0.0379. The SMILES string of the molecule is CC(=O)N1CCN(C(=O)c2cnc(Nc3ccc(N(C)C)cc3)cn2)CC1. The van der Waals surface area contributed by atoms with Crippen molar-refractivity contribution in [2.75, 3.05) is 50.5 Å². The number of benzene rings is 1. The average molecular weight is 368 g/mol. The zero-order valence-corrected chi connectivity index (χ0v) is 15.8. The summed E-state index contributed by atoms with van der Waals surface area (Å²) >= 11 is 0. The molecule has 0 saturated carbocycles. The Morgan fingerprint density at radius 2 is 1.59 bits per heavy atom. The molecule has 1 N–H and O–H groups in total. The number of aromatic nitrogens is 2. The first-order valence-electron chi connectivity index (χ1n) is 8.85. The summed E-state index contributed by atoms with van der Waals surface area (Å²) in [5, 5.41) is 3.17. The summed E-state index contributed by atoms with van der Waals surface area (Å²) < 4.78 is 0. The molecule has 0 spiro atoms. The highest BCUT2D eigenvalue weighted by atomic mass is 16.2. The number of nitrogens with one attached hydrogen (secondary N) is 1. The molecular formula is C19H24N6O2. The fourth-order valence-corrected chi connectivity index (χ4v) is 2.88. The van der Waals surface area contributed by atoms with Crippen molar-refractivity contribution < 1.29 is 9.59 Å². The van der Waals surface area contributed by atoms with Gasteiger partial charge in [0.05, 0.1) is 12.4 Å². The molecule has 8 nitrogen and oxygen atoms in total. The molecule has 142 valence electrons. The van der Waals surface area contributed by atoms with Gasteiger partial charge in [0, 0.05) is 58.6 Å². The molecule has 2 amide bonds. The minimum atomic E-state index is -0.160. The maximum atomic E-state index is 12.5. The molecule has 0 radical (unpaired) electrons. The highest BCUT2D eigenvalue weighted by molar-refractivity contribution is 5.92. The first-order valence-corrected chi connectivity index (χ1v) is 8.85. The molecule has 0 aliphatic carbocycles. The summed E-state index contributed by atoms with van der Waals surface area (Å²) in [5.74, 6) is 0.453. The van der Waals surface area contributed by atoms with Crippen LogP contribution in [0.25, 0.3) is 0 Å². The standard InChI is InChI=1S/C19H24N6O2/c1-14(26)24-8-10-25(11-9-24)19(27)17-12-21-18(13-20-17)22-15-4-6-16(7-5-15)23(2)3/h4-7,12-13H,8-11H2,1-3H3,(H,21,22). The van der Waals surface area contributed by atoms with Gasteiger partial charge < -0.3 is 20.0 Å². The van der Waals surface area contributed by atoms with Gasteiger partial charge in [-0.25, -0.2) is 9.97 Å². The van der Waals surface area contributed by atoms with Crippen LogP contribution in [0, 0.1) is 0 Å². The predicted octanol–water partition coefficient (Wildman–Crippen LogP) is 1.59. The molecular weight excluding hydrogens is 344 g/mol. The van der Waals surface area contributed by atoms with Crippen molar-refractivity contribution in [2.45, 2.75) is 6.92 Å². The third-order valence-corrected chi connectivity index (χ3v) is 4.54. The van der Waals surface area contributed by atoms with E-state index in [0.717, 1.165) is 11.4 Å². The lowest BCUT2D eigenvalue weighted by molar-refractivity contribution is -0.130. The van der Waals surface area contributed by atoms with Crippen LogP contribution in [0.3, 0.4) is 0 Å². The Morgan fingerprint density at radius 1 is 0.963 bits per heavy atom. The van der Waals surface area contributed by atoms with E-state index in [1.807, 2.05) is 43.3 Å². The number of nitrogens with zero attached hydrogens (tertiary/aromatic N) is 5. The number of hydrogen-bond acceptors (Lipinski definition) is 6. The van der Waals surface area contributed by atoms with Gasteiger partial charge in [-0.05, 0) is 24.3 Å². The summed E-state index contributed by atoms with van der Waals surface area (Å²) in [7, 11) is 3.98. The Balaban J connectivity index is 1.60. The molecule has 1 aromatic heterocycles. The van der Waals surface area contributed by atoms with E-state index in [-0.39, 0.29) is 11.8 Å². The van der Waals surface area contributed by atoms with E-state index >= 15 is 0 Å². The number of hydrogen-bond donors (Lipinski definition) is 1. The maximum absolute atomic E-state index is 12.5. The summed E-state index contributed by atoms with van der Waals surface area (Å²) in [6, 6.07) is 7.94. The largest absolute Gasteiger partial charge is 0.378 e. The number of amides is 2.